The molecular formula is C25H38O6. The molecule has 6 heteroatoms. The SMILES string of the molecule is COC(=O)CCCC[C@H]1C[C@@H]2[C@@H](C=CC(=O)C(C)CC=C(C)C)[C@H](OC(C)=O)C[C@@H]2O1. The van der Waals surface area contributed by atoms with E-state index in [-0.39, 0.29) is 53.8 Å². The maximum atomic E-state index is 12.6. The van der Waals surface area contributed by atoms with E-state index >= 15 is 0 Å². The normalized spacial score (nSPS) is 28.2. The lowest BCUT2D eigenvalue weighted by atomic mass is 9.88. The number of hydrogen-bond donors (Lipinski definition) is 0. The van der Waals surface area contributed by atoms with Crippen LogP contribution in [0.2, 0.25) is 0 Å². The highest BCUT2D eigenvalue weighted by atomic mass is 16.6. The van der Waals surface area contributed by atoms with E-state index in [9.17, 15) is 14.4 Å². The van der Waals surface area contributed by atoms with E-state index in [0.717, 1.165) is 32.1 Å². The predicted octanol–water partition coefficient (Wildman–Crippen LogP) is 4.56. The Morgan fingerprint density at radius 1 is 1.13 bits per heavy atom. The number of allylic oxidation sites excluding steroid dienone is 3. The van der Waals surface area contributed by atoms with Crippen LogP contribution in [0.25, 0.3) is 0 Å². The van der Waals surface area contributed by atoms with Gasteiger partial charge in [-0.15, -0.1) is 0 Å². The lowest BCUT2D eigenvalue weighted by Gasteiger charge is -2.21. The summed E-state index contributed by atoms with van der Waals surface area (Å²) in [6.45, 7) is 7.42. The molecule has 2 rings (SSSR count). The smallest absolute Gasteiger partial charge is 0.305 e. The van der Waals surface area contributed by atoms with Crippen molar-refractivity contribution in [2.75, 3.05) is 7.11 Å². The van der Waals surface area contributed by atoms with Gasteiger partial charge in [-0.3, -0.25) is 14.4 Å². The van der Waals surface area contributed by atoms with Crippen molar-refractivity contribution in [2.24, 2.45) is 17.8 Å². The van der Waals surface area contributed by atoms with Crippen molar-refractivity contribution >= 4 is 17.7 Å². The number of unbranched alkanes of at least 4 members (excludes halogenated alkanes) is 1. The fraction of sp³-hybridized carbons (Fsp3) is 0.720. The molecule has 0 aromatic rings. The first kappa shape index (κ1) is 25.3. The van der Waals surface area contributed by atoms with Crippen LogP contribution in [0.4, 0.5) is 0 Å². The first-order chi connectivity index (χ1) is 14.7. The molecule has 0 radical (unpaired) electrons. The molecule has 1 saturated carbocycles. The molecule has 6 atom stereocenters. The Morgan fingerprint density at radius 2 is 1.87 bits per heavy atom. The van der Waals surface area contributed by atoms with Gasteiger partial charge in [-0.1, -0.05) is 31.1 Å². The van der Waals surface area contributed by atoms with Crippen LogP contribution in [0.3, 0.4) is 0 Å². The van der Waals surface area contributed by atoms with Crippen LogP contribution in [0.1, 0.15) is 72.6 Å². The number of hydrogen-bond acceptors (Lipinski definition) is 6. The van der Waals surface area contributed by atoms with Crippen molar-refractivity contribution in [1.29, 1.82) is 0 Å². The van der Waals surface area contributed by atoms with Crippen molar-refractivity contribution in [3.8, 4) is 0 Å². The Kier molecular flexibility index (Phi) is 9.94. The molecule has 0 aromatic carbocycles. The number of methoxy groups -OCH3 is 1. The zero-order valence-corrected chi connectivity index (χ0v) is 19.6. The van der Waals surface area contributed by atoms with Crippen LogP contribution in [0, 0.1) is 17.8 Å². The summed E-state index contributed by atoms with van der Waals surface area (Å²) < 4.78 is 16.5. The third-order valence-electron chi connectivity index (χ3n) is 6.32. The Bertz CT molecular complexity index is 690. The second-order valence-corrected chi connectivity index (χ2v) is 9.16. The number of carbonyl (C=O) groups excluding carboxylic acids is 3. The molecule has 6 nitrogen and oxygen atoms in total. The number of carbonyl (C=O) groups is 3. The van der Waals surface area contributed by atoms with E-state index in [2.05, 4.69) is 10.8 Å². The van der Waals surface area contributed by atoms with Gasteiger partial charge in [0, 0.05) is 31.6 Å². The first-order valence-electron chi connectivity index (χ1n) is 11.5. The summed E-state index contributed by atoms with van der Waals surface area (Å²) in [6, 6.07) is 0. The molecule has 1 aliphatic heterocycles. The molecule has 0 bridgehead atoms. The summed E-state index contributed by atoms with van der Waals surface area (Å²) in [6.07, 6.45) is 11.0. The number of rotatable bonds is 11. The lowest BCUT2D eigenvalue weighted by Crippen LogP contribution is -2.24. The Balaban J connectivity index is 1.95. The van der Waals surface area contributed by atoms with Gasteiger partial charge >= 0.3 is 11.9 Å². The standard InChI is InChI=1S/C25H38O6/c1-16(2)10-11-17(3)22(27)13-12-20-21-14-19(8-6-7-9-25(28)29-5)31-24(21)15-23(20)30-18(4)26/h10,12-13,17,19-21,23-24H,6-9,11,14-15H2,1-5H3/t17?,19-,20+,21+,23+,24-/m0/s1. The second kappa shape index (κ2) is 12.2. The lowest BCUT2D eigenvalue weighted by molar-refractivity contribution is -0.148. The van der Waals surface area contributed by atoms with Gasteiger partial charge in [0.2, 0.25) is 0 Å². The van der Waals surface area contributed by atoms with Crippen LogP contribution in [-0.4, -0.2) is 43.1 Å². The zero-order chi connectivity index (χ0) is 23.0. The maximum absolute atomic E-state index is 12.6. The summed E-state index contributed by atoms with van der Waals surface area (Å²) in [7, 11) is 1.41. The second-order valence-electron chi connectivity index (χ2n) is 9.16. The monoisotopic (exact) mass is 434 g/mol. The van der Waals surface area contributed by atoms with E-state index in [1.807, 2.05) is 26.8 Å². The van der Waals surface area contributed by atoms with Gasteiger partial charge in [0.15, 0.2) is 5.78 Å². The third-order valence-corrected chi connectivity index (χ3v) is 6.32. The summed E-state index contributed by atoms with van der Waals surface area (Å²) >= 11 is 0. The minimum Gasteiger partial charge on any atom is -0.469 e. The molecule has 0 aromatic heterocycles. The zero-order valence-electron chi connectivity index (χ0n) is 19.6. The molecule has 1 saturated heterocycles. The fourth-order valence-electron chi connectivity index (χ4n) is 4.59. The molecule has 31 heavy (non-hydrogen) atoms. The van der Waals surface area contributed by atoms with Crippen LogP contribution < -0.4 is 0 Å². The molecule has 2 aliphatic rings. The van der Waals surface area contributed by atoms with Gasteiger partial charge in [-0.2, -0.15) is 0 Å². The van der Waals surface area contributed by atoms with Crippen molar-refractivity contribution < 1.29 is 28.6 Å². The number of esters is 2. The Morgan fingerprint density at radius 3 is 2.52 bits per heavy atom. The largest absolute Gasteiger partial charge is 0.469 e. The van der Waals surface area contributed by atoms with Crippen molar-refractivity contribution in [3.05, 3.63) is 23.8 Å². The average Bonchev–Trinajstić information content (AvgIpc) is 3.23. The first-order valence-corrected chi connectivity index (χ1v) is 11.5. The van der Waals surface area contributed by atoms with Crippen molar-refractivity contribution in [3.63, 3.8) is 0 Å². The van der Waals surface area contributed by atoms with E-state index < -0.39 is 0 Å². The Labute approximate surface area is 186 Å². The van der Waals surface area contributed by atoms with Crippen molar-refractivity contribution in [1.82, 2.24) is 0 Å². The predicted molar refractivity (Wildman–Crippen MR) is 118 cm³/mol. The number of ether oxygens (including phenoxy) is 3. The molecule has 174 valence electrons. The highest BCUT2D eigenvalue weighted by Crippen LogP contribution is 2.46. The van der Waals surface area contributed by atoms with E-state index in [4.69, 9.17) is 9.47 Å². The van der Waals surface area contributed by atoms with E-state index in [1.54, 1.807) is 6.08 Å². The molecule has 1 aliphatic carbocycles. The molecule has 0 amide bonds. The molecule has 0 N–H and O–H groups in total. The highest BCUT2D eigenvalue weighted by Gasteiger charge is 2.49. The quantitative estimate of drug-likeness (QED) is 0.205. The van der Waals surface area contributed by atoms with Gasteiger partial charge in [-0.25, -0.2) is 0 Å². The molecule has 1 heterocycles. The van der Waals surface area contributed by atoms with Gasteiger partial charge in [0.25, 0.3) is 0 Å². The molecule has 0 spiro atoms. The van der Waals surface area contributed by atoms with Crippen molar-refractivity contribution in [2.45, 2.75) is 91.0 Å². The topological polar surface area (TPSA) is 78.9 Å². The van der Waals surface area contributed by atoms with E-state index in [0.29, 0.717) is 12.8 Å². The minimum absolute atomic E-state index is 0.00595. The molecule has 2 fully saturated rings. The van der Waals surface area contributed by atoms with Gasteiger partial charge in [-0.05, 0) is 51.5 Å². The number of fused-ring (bicyclic) bond motifs is 1. The molecule has 1 unspecified atom stereocenters. The maximum Gasteiger partial charge on any atom is 0.305 e. The number of ketones is 1. The summed E-state index contributed by atoms with van der Waals surface area (Å²) in [5.74, 6) is -0.215. The van der Waals surface area contributed by atoms with Crippen LogP contribution in [0.15, 0.2) is 23.8 Å². The molecular weight excluding hydrogens is 396 g/mol. The van der Waals surface area contributed by atoms with Crippen LogP contribution >= 0.6 is 0 Å². The average molecular weight is 435 g/mol. The highest BCUT2D eigenvalue weighted by molar-refractivity contribution is 5.91. The van der Waals surface area contributed by atoms with E-state index in [1.165, 1.54) is 19.6 Å². The van der Waals surface area contributed by atoms with Gasteiger partial charge in [0.05, 0.1) is 19.3 Å². The summed E-state index contributed by atoms with van der Waals surface area (Å²) in [4.78, 5) is 35.4. The van der Waals surface area contributed by atoms with Gasteiger partial charge in [0.1, 0.15) is 6.10 Å². The van der Waals surface area contributed by atoms with Crippen LogP contribution in [-0.2, 0) is 28.6 Å². The summed E-state index contributed by atoms with van der Waals surface area (Å²) in [5.41, 5.74) is 1.21. The minimum atomic E-state index is -0.300. The van der Waals surface area contributed by atoms with Gasteiger partial charge < -0.3 is 14.2 Å². The Hall–Kier alpha value is -1.95. The third kappa shape index (κ3) is 7.91. The van der Waals surface area contributed by atoms with Crippen LogP contribution in [0.5, 0.6) is 0 Å². The summed E-state index contributed by atoms with van der Waals surface area (Å²) in [5, 5.41) is 0. The fourth-order valence-corrected chi connectivity index (χ4v) is 4.59.